The van der Waals surface area contributed by atoms with Gasteiger partial charge in [0.1, 0.15) is 28.6 Å². The molecule has 0 aliphatic heterocycles. The smallest absolute Gasteiger partial charge is 0.313 e. The molecule has 6 nitrogen and oxygen atoms in total. The molecule has 152 valence electrons. The highest BCUT2D eigenvalue weighted by Gasteiger charge is 2.22. The molecule has 1 N–H and O–H groups in total. The standard InChI is InChI=1S/C21H22ClN3O3S/c1-27-15-8-7-12(9-14(15)22)11-23-20-19-13-5-3-4-6-16(13)29-21(19)25-17(24-20)10-18(26)28-2/h7-9H,3-6,10-11H2,1-2H3,(H,23,24,25). The van der Waals surface area contributed by atoms with Crippen LogP contribution in [0.4, 0.5) is 5.82 Å². The Morgan fingerprint density at radius 3 is 2.83 bits per heavy atom. The van der Waals surface area contributed by atoms with Gasteiger partial charge in [-0.3, -0.25) is 4.79 Å². The maximum absolute atomic E-state index is 11.8. The van der Waals surface area contributed by atoms with Gasteiger partial charge in [0.15, 0.2) is 0 Å². The minimum atomic E-state index is -0.349. The van der Waals surface area contributed by atoms with Crippen molar-refractivity contribution >= 4 is 44.9 Å². The fourth-order valence-corrected chi connectivity index (χ4v) is 5.18. The Hall–Kier alpha value is -2.38. The van der Waals surface area contributed by atoms with Crippen LogP contribution in [-0.4, -0.2) is 30.2 Å². The van der Waals surface area contributed by atoms with Gasteiger partial charge in [0.2, 0.25) is 0 Å². The van der Waals surface area contributed by atoms with Crippen molar-refractivity contribution in [3.05, 3.63) is 45.1 Å². The Morgan fingerprint density at radius 1 is 1.24 bits per heavy atom. The lowest BCUT2D eigenvalue weighted by Gasteiger charge is -2.14. The van der Waals surface area contributed by atoms with Crippen LogP contribution in [0.15, 0.2) is 18.2 Å². The number of fused-ring (bicyclic) bond motifs is 3. The number of aromatic nitrogens is 2. The van der Waals surface area contributed by atoms with Gasteiger partial charge in [0.05, 0.1) is 24.6 Å². The molecule has 0 bridgehead atoms. The number of anilines is 1. The number of ether oxygens (including phenoxy) is 2. The molecule has 1 aliphatic rings. The van der Waals surface area contributed by atoms with Gasteiger partial charge in [-0.1, -0.05) is 17.7 Å². The molecule has 2 heterocycles. The molecule has 29 heavy (non-hydrogen) atoms. The molecule has 1 aliphatic carbocycles. The van der Waals surface area contributed by atoms with Crippen molar-refractivity contribution in [2.75, 3.05) is 19.5 Å². The summed E-state index contributed by atoms with van der Waals surface area (Å²) < 4.78 is 10.0. The molecule has 4 rings (SSSR count). The number of methoxy groups -OCH3 is 2. The average Bonchev–Trinajstić information content (AvgIpc) is 3.10. The molecule has 0 saturated heterocycles. The summed E-state index contributed by atoms with van der Waals surface area (Å²) in [6.07, 6.45) is 4.55. The van der Waals surface area contributed by atoms with Gasteiger partial charge in [-0.15, -0.1) is 11.3 Å². The SMILES string of the molecule is COC(=O)Cc1nc(NCc2ccc(OC)c(Cl)c2)c2c3c(sc2n1)CCCC3. The van der Waals surface area contributed by atoms with Gasteiger partial charge in [0.25, 0.3) is 0 Å². The van der Waals surface area contributed by atoms with E-state index in [-0.39, 0.29) is 12.4 Å². The number of hydrogen-bond acceptors (Lipinski definition) is 7. The highest BCUT2D eigenvalue weighted by atomic mass is 35.5. The monoisotopic (exact) mass is 431 g/mol. The first-order valence-corrected chi connectivity index (χ1v) is 10.7. The highest BCUT2D eigenvalue weighted by molar-refractivity contribution is 7.19. The van der Waals surface area contributed by atoms with Crippen LogP contribution in [-0.2, 0) is 35.3 Å². The summed E-state index contributed by atoms with van der Waals surface area (Å²) in [5.41, 5.74) is 2.36. The fraction of sp³-hybridized carbons (Fsp3) is 0.381. The van der Waals surface area contributed by atoms with Crippen LogP contribution in [0.5, 0.6) is 5.75 Å². The van der Waals surface area contributed by atoms with E-state index in [1.54, 1.807) is 18.4 Å². The van der Waals surface area contributed by atoms with E-state index in [0.29, 0.717) is 23.1 Å². The van der Waals surface area contributed by atoms with Crippen LogP contribution in [0.3, 0.4) is 0 Å². The molecule has 0 saturated carbocycles. The molecule has 2 aromatic heterocycles. The molecule has 1 aromatic carbocycles. The molecule has 0 spiro atoms. The number of thiophene rings is 1. The molecule has 0 radical (unpaired) electrons. The van der Waals surface area contributed by atoms with Gasteiger partial charge >= 0.3 is 5.97 Å². The summed E-state index contributed by atoms with van der Waals surface area (Å²) in [6, 6.07) is 5.70. The third-order valence-electron chi connectivity index (χ3n) is 5.07. The normalized spacial score (nSPS) is 13.2. The van der Waals surface area contributed by atoms with E-state index in [2.05, 4.69) is 15.3 Å². The first kappa shape index (κ1) is 19.9. The number of aryl methyl sites for hydroxylation is 2. The number of halogens is 1. The van der Waals surface area contributed by atoms with E-state index in [9.17, 15) is 4.79 Å². The molecule has 0 unspecified atom stereocenters. The molecule has 8 heteroatoms. The number of rotatable bonds is 6. The second kappa shape index (κ2) is 8.55. The predicted molar refractivity (Wildman–Crippen MR) is 115 cm³/mol. The zero-order valence-electron chi connectivity index (χ0n) is 16.4. The van der Waals surface area contributed by atoms with Crippen molar-refractivity contribution in [3.63, 3.8) is 0 Å². The van der Waals surface area contributed by atoms with Gasteiger partial charge in [-0.2, -0.15) is 0 Å². The van der Waals surface area contributed by atoms with E-state index in [4.69, 9.17) is 21.1 Å². The molecule has 0 fully saturated rings. The van der Waals surface area contributed by atoms with Crippen LogP contribution in [0, 0.1) is 0 Å². The molecular weight excluding hydrogens is 410 g/mol. The lowest BCUT2D eigenvalue weighted by atomic mass is 9.97. The van der Waals surface area contributed by atoms with Crippen molar-refractivity contribution in [3.8, 4) is 5.75 Å². The number of nitrogens with one attached hydrogen (secondary N) is 1. The van der Waals surface area contributed by atoms with Gasteiger partial charge in [-0.25, -0.2) is 9.97 Å². The number of carbonyl (C=O) groups excluding carboxylic acids is 1. The van der Waals surface area contributed by atoms with Gasteiger partial charge in [-0.05, 0) is 48.9 Å². The summed E-state index contributed by atoms with van der Waals surface area (Å²) in [5.74, 6) is 1.53. The first-order valence-electron chi connectivity index (χ1n) is 9.53. The quantitative estimate of drug-likeness (QED) is 0.577. The Morgan fingerprint density at radius 2 is 2.07 bits per heavy atom. The third-order valence-corrected chi connectivity index (χ3v) is 6.55. The van der Waals surface area contributed by atoms with Crippen molar-refractivity contribution in [2.45, 2.75) is 38.6 Å². The second-order valence-corrected chi connectivity index (χ2v) is 8.45. The fourth-order valence-electron chi connectivity index (χ4n) is 3.62. The zero-order valence-corrected chi connectivity index (χ0v) is 18.0. The van der Waals surface area contributed by atoms with Crippen molar-refractivity contribution in [2.24, 2.45) is 0 Å². The Labute approximate surface area is 178 Å². The minimum absolute atomic E-state index is 0.0536. The summed E-state index contributed by atoms with van der Waals surface area (Å²) in [7, 11) is 2.97. The Balaban J connectivity index is 1.69. The summed E-state index contributed by atoms with van der Waals surface area (Å²) in [4.78, 5) is 23.4. The van der Waals surface area contributed by atoms with Gasteiger partial charge < -0.3 is 14.8 Å². The van der Waals surface area contributed by atoms with E-state index >= 15 is 0 Å². The van der Waals surface area contributed by atoms with Crippen LogP contribution < -0.4 is 10.1 Å². The number of carbonyl (C=O) groups is 1. The largest absolute Gasteiger partial charge is 0.495 e. The summed E-state index contributed by atoms with van der Waals surface area (Å²) in [5, 5.41) is 5.09. The van der Waals surface area contributed by atoms with Gasteiger partial charge in [0, 0.05) is 11.4 Å². The van der Waals surface area contributed by atoms with E-state index in [0.717, 1.165) is 34.4 Å². The van der Waals surface area contributed by atoms with Crippen LogP contribution in [0.1, 0.15) is 34.7 Å². The first-order chi connectivity index (χ1) is 14.1. The maximum atomic E-state index is 11.8. The zero-order chi connectivity index (χ0) is 20.4. The van der Waals surface area contributed by atoms with Crippen LogP contribution in [0.25, 0.3) is 10.2 Å². The average molecular weight is 432 g/mol. The lowest BCUT2D eigenvalue weighted by molar-refractivity contribution is -0.139. The van der Waals surface area contributed by atoms with E-state index in [1.807, 2.05) is 18.2 Å². The topological polar surface area (TPSA) is 73.3 Å². The third kappa shape index (κ3) is 4.16. The van der Waals surface area contributed by atoms with E-state index in [1.165, 1.54) is 30.4 Å². The number of benzene rings is 1. The summed E-state index contributed by atoms with van der Waals surface area (Å²) >= 11 is 7.97. The second-order valence-electron chi connectivity index (χ2n) is 6.95. The van der Waals surface area contributed by atoms with E-state index < -0.39 is 0 Å². The molecular formula is C21H22ClN3O3S. The Bertz CT molecular complexity index is 1070. The lowest BCUT2D eigenvalue weighted by Crippen LogP contribution is -2.11. The minimum Gasteiger partial charge on any atom is -0.495 e. The van der Waals surface area contributed by atoms with Crippen molar-refractivity contribution in [1.82, 2.24) is 9.97 Å². The number of hydrogen-bond donors (Lipinski definition) is 1. The van der Waals surface area contributed by atoms with Crippen LogP contribution >= 0.6 is 22.9 Å². The predicted octanol–water partition coefficient (Wildman–Crippen LogP) is 4.56. The van der Waals surface area contributed by atoms with Crippen molar-refractivity contribution in [1.29, 1.82) is 0 Å². The molecule has 3 aromatic rings. The number of esters is 1. The number of nitrogens with zero attached hydrogens (tertiary/aromatic N) is 2. The van der Waals surface area contributed by atoms with Crippen molar-refractivity contribution < 1.29 is 14.3 Å². The highest BCUT2D eigenvalue weighted by Crippen LogP contribution is 2.39. The Kier molecular flexibility index (Phi) is 5.87. The summed E-state index contributed by atoms with van der Waals surface area (Å²) in [6.45, 7) is 0.554. The maximum Gasteiger partial charge on any atom is 0.313 e. The molecule has 0 atom stereocenters. The molecule has 0 amide bonds. The van der Waals surface area contributed by atoms with Crippen LogP contribution in [0.2, 0.25) is 5.02 Å².